The van der Waals surface area contributed by atoms with E-state index in [1.54, 1.807) is 20.2 Å². The molecule has 0 saturated carbocycles. The predicted octanol–water partition coefficient (Wildman–Crippen LogP) is 4.10. The molecule has 0 saturated heterocycles. The second-order valence-corrected chi connectivity index (χ2v) is 11.4. The van der Waals surface area contributed by atoms with Crippen LogP contribution in [0.15, 0.2) is 84.9 Å². The number of aliphatic hydroxyl groups is 1. The summed E-state index contributed by atoms with van der Waals surface area (Å²) in [7, 11) is 3.10. The summed E-state index contributed by atoms with van der Waals surface area (Å²) in [5.41, 5.74) is 7.81. The summed E-state index contributed by atoms with van der Waals surface area (Å²) < 4.78 is 0. The van der Waals surface area contributed by atoms with E-state index in [0.29, 0.717) is 25.8 Å². The zero-order valence-corrected chi connectivity index (χ0v) is 26.3. The number of benzene rings is 3. The highest BCUT2D eigenvalue weighted by molar-refractivity contribution is 5.93. The van der Waals surface area contributed by atoms with Crippen molar-refractivity contribution in [1.29, 1.82) is 0 Å². The van der Waals surface area contributed by atoms with Gasteiger partial charge in [-0.25, -0.2) is 0 Å². The fourth-order valence-corrected chi connectivity index (χ4v) is 4.27. The van der Waals surface area contributed by atoms with E-state index in [0.717, 1.165) is 12.0 Å². The average molecular weight is 589 g/mol. The number of carbonyl (C=O) groups excluding carboxylic acids is 3. The third-order valence-corrected chi connectivity index (χ3v) is 6.94. The van der Waals surface area contributed by atoms with Crippen LogP contribution in [0.2, 0.25) is 0 Å². The van der Waals surface area contributed by atoms with Crippen LogP contribution in [0, 0.1) is 0 Å². The highest BCUT2D eigenvalue weighted by atomic mass is 16.3. The average Bonchev–Trinajstić information content (AvgIpc) is 2.99. The lowest BCUT2D eigenvalue weighted by Crippen LogP contribution is -2.51. The number of amides is 3. The summed E-state index contributed by atoms with van der Waals surface area (Å²) in [5, 5.41) is 14.4. The lowest BCUT2D eigenvalue weighted by molar-refractivity contribution is -0.141. The quantitative estimate of drug-likeness (QED) is 0.205. The van der Waals surface area contributed by atoms with Crippen molar-refractivity contribution in [2.45, 2.75) is 58.0 Å². The van der Waals surface area contributed by atoms with Gasteiger partial charge in [-0.1, -0.05) is 85.8 Å². The van der Waals surface area contributed by atoms with Gasteiger partial charge >= 0.3 is 0 Å². The van der Waals surface area contributed by atoms with E-state index in [4.69, 9.17) is 10.8 Å². The van der Waals surface area contributed by atoms with Crippen LogP contribution in [-0.4, -0.2) is 78.0 Å². The van der Waals surface area contributed by atoms with Gasteiger partial charge in [0.05, 0.1) is 6.54 Å². The summed E-state index contributed by atoms with van der Waals surface area (Å²) in [6.07, 6.45) is 5.53. The Balaban J connectivity index is 0.000000440. The molecule has 0 heterocycles. The molecule has 3 amide bonds. The number of nitrogens with zero attached hydrogens (tertiary/aromatic N) is 2. The van der Waals surface area contributed by atoms with E-state index >= 15 is 0 Å². The third-order valence-electron chi connectivity index (χ3n) is 6.94. The predicted molar refractivity (Wildman–Crippen MR) is 174 cm³/mol. The Morgan fingerprint density at radius 3 is 2.23 bits per heavy atom. The molecule has 3 aromatic carbocycles. The van der Waals surface area contributed by atoms with Crippen molar-refractivity contribution < 1.29 is 19.5 Å². The van der Waals surface area contributed by atoms with Crippen LogP contribution in [0.3, 0.4) is 0 Å². The molecular weight excluding hydrogens is 540 g/mol. The van der Waals surface area contributed by atoms with E-state index in [-0.39, 0.29) is 30.9 Å². The monoisotopic (exact) mass is 588 g/mol. The maximum atomic E-state index is 12.8. The van der Waals surface area contributed by atoms with Gasteiger partial charge in [-0.15, -0.1) is 0 Å². The first-order chi connectivity index (χ1) is 20.4. The molecule has 8 nitrogen and oxygen atoms in total. The molecule has 1 atom stereocenters. The molecule has 232 valence electrons. The number of likely N-dealkylation sites (N-methyl/N-ethyl adjacent to an activating group) is 2. The van der Waals surface area contributed by atoms with Gasteiger partial charge in [0.25, 0.3) is 0 Å². The second kappa shape index (κ2) is 17.8. The fraction of sp³-hybridized carbons (Fsp3) is 0.400. The fourth-order valence-electron chi connectivity index (χ4n) is 4.27. The van der Waals surface area contributed by atoms with Crippen molar-refractivity contribution in [2.24, 2.45) is 5.73 Å². The standard InChI is InChI=1S/C23H36N4O4.C12H12/c1-23(2,24)13-8-12-20(29)26(3)17-21(30)27(4)19(22(31)25-14-9-15-28)16-18-10-6-5-7-11-18;1-2-10-7-8-11-5-3-4-6-12(11)9-10/h5-8,10-12,19,28H,9,13-17,24H2,1-4H3,(H,25,31);3-9H,2H2,1H3/b12-8+;/t19-;/m1./s1. The molecular formula is C35H48N4O4. The van der Waals surface area contributed by atoms with Gasteiger partial charge < -0.3 is 26.0 Å². The molecule has 0 bridgehead atoms. The van der Waals surface area contributed by atoms with Crippen LogP contribution in [0.25, 0.3) is 10.8 Å². The van der Waals surface area contributed by atoms with Crippen molar-refractivity contribution in [3.8, 4) is 0 Å². The molecule has 8 heteroatoms. The topological polar surface area (TPSA) is 116 Å². The van der Waals surface area contributed by atoms with Crippen molar-refractivity contribution in [1.82, 2.24) is 15.1 Å². The Bertz CT molecular complexity index is 1330. The van der Waals surface area contributed by atoms with Crippen molar-refractivity contribution in [2.75, 3.05) is 33.8 Å². The number of carbonyl (C=O) groups is 3. The van der Waals surface area contributed by atoms with Gasteiger partial charge in [-0.3, -0.25) is 14.4 Å². The first-order valence-electron chi connectivity index (χ1n) is 14.8. The minimum Gasteiger partial charge on any atom is -0.396 e. The molecule has 0 aromatic heterocycles. The Hall–Kier alpha value is -4.01. The molecule has 4 N–H and O–H groups in total. The van der Waals surface area contributed by atoms with Gasteiger partial charge in [0.1, 0.15) is 6.04 Å². The van der Waals surface area contributed by atoms with Crippen LogP contribution in [0.1, 0.15) is 44.7 Å². The first kappa shape index (κ1) is 35.2. The molecule has 43 heavy (non-hydrogen) atoms. The van der Waals surface area contributed by atoms with Crippen LogP contribution in [0.4, 0.5) is 0 Å². The van der Waals surface area contributed by atoms with Crippen LogP contribution in [-0.2, 0) is 27.2 Å². The van der Waals surface area contributed by atoms with E-state index in [1.807, 2.05) is 44.2 Å². The number of nitrogens with two attached hydrogens (primary N) is 1. The molecule has 0 aliphatic rings. The van der Waals surface area contributed by atoms with E-state index < -0.39 is 11.6 Å². The first-order valence-corrected chi connectivity index (χ1v) is 14.8. The van der Waals surface area contributed by atoms with Crippen molar-refractivity contribution in [3.63, 3.8) is 0 Å². The van der Waals surface area contributed by atoms with Gasteiger partial charge in [0.15, 0.2) is 0 Å². The van der Waals surface area contributed by atoms with Crippen LogP contribution in [0.5, 0.6) is 0 Å². The highest BCUT2D eigenvalue weighted by Gasteiger charge is 2.28. The lowest BCUT2D eigenvalue weighted by atomic mass is 10.0. The van der Waals surface area contributed by atoms with Crippen LogP contribution < -0.4 is 11.1 Å². The Labute approximate surface area is 256 Å². The second-order valence-electron chi connectivity index (χ2n) is 11.4. The Kier molecular flexibility index (Phi) is 14.6. The molecule has 0 aliphatic carbocycles. The third kappa shape index (κ3) is 12.8. The zero-order chi connectivity index (χ0) is 31.8. The largest absolute Gasteiger partial charge is 0.396 e. The van der Waals surface area contributed by atoms with E-state index in [9.17, 15) is 14.4 Å². The number of rotatable bonds is 13. The number of aliphatic hydroxyl groups excluding tert-OH is 1. The maximum Gasteiger partial charge on any atom is 0.246 e. The van der Waals surface area contributed by atoms with Gasteiger partial charge in [-0.2, -0.15) is 0 Å². The number of hydrogen-bond acceptors (Lipinski definition) is 5. The lowest BCUT2D eigenvalue weighted by Gasteiger charge is -2.29. The van der Waals surface area contributed by atoms with Gasteiger partial charge in [-0.05, 0) is 61.1 Å². The zero-order valence-electron chi connectivity index (χ0n) is 26.3. The number of hydrogen-bond donors (Lipinski definition) is 3. The molecule has 3 aromatic rings. The molecule has 0 unspecified atom stereocenters. The molecule has 0 aliphatic heterocycles. The Morgan fingerprint density at radius 2 is 1.60 bits per heavy atom. The normalized spacial score (nSPS) is 11.9. The molecule has 0 radical (unpaired) electrons. The van der Waals surface area contributed by atoms with Gasteiger partial charge in [0.2, 0.25) is 17.7 Å². The summed E-state index contributed by atoms with van der Waals surface area (Å²) in [5.74, 6) is -0.952. The molecule has 3 rings (SSSR count). The SMILES string of the molecule is CCc1ccc2ccccc2c1.CN(CC(=O)N(C)[C@H](Cc1ccccc1)C(=O)NCCCO)C(=O)/C=C/CC(C)(C)N. The van der Waals surface area contributed by atoms with Gasteiger partial charge in [0, 0.05) is 39.2 Å². The highest BCUT2D eigenvalue weighted by Crippen LogP contribution is 2.15. The summed E-state index contributed by atoms with van der Waals surface area (Å²) >= 11 is 0. The van der Waals surface area contributed by atoms with Crippen LogP contribution >= 0.6 is 0 Å². The van der Waals surface area contributed by atoms with Crippen molar-refractivity contribution in [3.05, 3.63) is 96.1 Å². The number of fused-ring (bicyclic) bond motifs is 1. The van der Waals surface area contributed by atoms with Crippen molar-refractivity contribution >= 4 is 28.5 Å². The maximum absolute atomic E-state index is 12.8. The van der Waals surface area contributed by atoms with E-state index in [1.165, 1.54) is 32.2 Å². The smallest absolute Gasteiger partial charge is 0.246 e. The minimum atomic E-state index is -0.731. The minimum absolute atomic E-state index is 0.0276. The Morgan fingerprint density at radius 1 is 0.953 bits per heavy atom. The number of aryl methyl sites for hydroxylation is 1. The molecule has 0 spiro atoms. The summed E-state index contributed by atoms with van der Waals surface area (Å²) in [6.45, 7) is 6.06. The number of nitrogens with one attached hydrogen (secondary N) is 1. The summed E-state index contributed by atoms with van der Waals surface area (Å²) in [6, 6.07) is 23.8. The molecule has 0 fully saturated rings. The van der Waals surface area contributed by atoms with E-state index in [2.05, 4.69) is 54.7 Å². The summed E-state index contributed by atoms with van der Waals surface area (Å²) in [4.78, 5) is 40.5.